The van der Waals surface area contributed by atoms with Gasteiger partial charge in [-0.3, -0.25) is 0 Å². The Bertz CT molecular complexity index is 382. The highest BCUT2D eigenvalue weighted by Gasteiger charge is 2.25. The molecule has 0 bridgehead atoms. The molecule has 2 N–H and O–H groups in total. The van der Waals surface area contributed by atoms with E-state index in [4.69, 9.17) is 10.5 Å². The molecule has 0 amide bonds. The number of aryl methyl sites for hydroxylation is 1. The quantitative estimate of drug-likeness (QED) is 0.897. The summed E-state index contributed by atoms with van der Waals surface area (Å²) in [5.41, 5.74) is 8.49. The zero-order valence-corrected chi connectivity index (χ0v) is 12.2. The Morgan fingerprint density at radius 2 is 1.88 bits per heavy atom. The maximum Gasteiger partial charge on any atom is 0.123 e. The first kappa shape index (κ1) is 13.5. The summed E-state index contributed by atoms with van der Waals surface area (Å²) < 4.78 is 6.47. The summed E-state index contributed by atoms with van der Waals surface area (Å²) in [5.74, 6) is 0.864. The number of ether oxygens (including phenoxy) is 1. The molecule has 0 aliphatic heterocycles. The Morgan fingerprint density at radius 3 is 2.31 bits per heavy atom. The third kappa shape index (κ3) is 2.77. The fourth-order valence-corrected chi connectivity index (χ4v) is 1.92. The van der Waals surface area contributed by atoms with E-state index in [1.54, 1.807) is 7.11 Å². The molecule has 1 unspecified atom stereocenters. The van der Waals surface area contributed by atoms with Crippen molar-refractivity contribution in [3.05, 3.63) is 27.7 Å². The Labute approximate surface area is 106 Å². The van der Waals surface area contributed by atoms with Gasteiger partial charge in [0.05, 0.1) is 7.11 Å². The van der Waals surface area contributed by atoms with Gasteiger partial charge >= 0.3 is 0 Å². The summed E-state index contributed by atoms with van der Waals surface area (Å²) in [6, 6.07) is 4.04. The second kappa shape index (κ2) is 4.76. The lowest BCUT2D eigenvalue weighted by molar-refractivity contribution is 0.314. The monoisotopic (exact) mass is 285 g/mol. The van der Waals surface area contributed by atoms with E-state index in [0.717, 1.165) is 21.3 Å². The van der Waals surface area contributed by atoms with Crippen LogP contribution in [-0.2, 0) is 0 Å². The molecule has 2 nitrogen and oxygen atoms in total. The van der Waals surface area contributed by atoms with Crippen LogP contribution in [0.1, 0.15) is 37.9 Å². The highest BCUT2D eigenvalue weighted by molar-refractivity contribution is 9.10. The van der Waals surface area contributed by atoms with Gasteiger partial charge in [-0.25, -0.2) is 0 Å². The van der Waals surface area contributed by atoms with Crippen molar-refractivity contribution >= 4 is 15.9 Å². The largest absolute Gasteiger partial charge is 0.496 e. The van der Waals surface area contributed by atoms with Crippen LogP contribution >= 0.6 is 15.9 Å². The fraction of sp³-hybridized carbons (Fsp3) is 0.538. The van der Waals surface area contributed by atoms with E-state index in [0.29, 0.717) is 0 Å². The number of nitrogens with two attached hydrogens (primary N) is 1. The Balaban J connectivity index is 3.27. The summed E-state index contributed by atoms with van der Waals surface area (Å²) >= 11 is 3.53. The van der Waals surface area contributed by atoms with E-state index < -0.39 is 0 Å². The molecule has 0 aliphatic carbocycles. The molecular formula is C13H20BrNO. The first-order chi connectivity index (χ1) is 7.27. The number of hydrogen-bond donors (Lipinski definition) is 1. The van der Waals surface area contributed by atoms with Gasteiger partial charge < -0.3 is 10.5 Å². The van der Waals surface area contributed by atoms with Crippen molar-refractivity contribution in [2.45, 2.75) is 33.7 Å². The molecular weight excluding hydrogens is 266 g/mol. The lowest BCUT2D eigenvalue weighted by Gasteiger charge is -2.29. The highest BCUT2D eigenvalue weighted by atomic mass is 79.9. The molecule has 1 atom stereocenters. The average Bonchev–Trinajstić information content (AvgIpc) is 2.19. The lowest BCUT2D eigenvalue weighted by atomic mass is 9.82. The van der Waals surface area contributed by atoms with Crippen LogP contribution in [0, 0.1) is 12.3 Å². The summed E-state index contributed by atoms with van der Waals surface area (Å²) in [4.78, 5) is 0. The summed E-state index contributed by atoms with van der Waals surface area (Å²) in [5, 5.41) is 0. The molecule has 0 radical (unpaired) electrons. The van der Waals surface area contributed by atoms with Crippen LogP contribution in [0.3, 0.4) is 0 Å². The molecule has 0 aliphatic rings. The number of methoxy groups -OCH3 is 1. The summed E-state index contributed by atoms with van der Waals surface area (Å²) in [6.07, 6.45) is 0. The molecule has 1 aromatic carbocycles. The predicted molar refractivity (Wildman–Crippen MR) is 71.8 cm³/mol. The second-order valence-corrected chi connectivity index (χ2v) is 6.04. The minimum atomic E-state index is -0.0423. The predicted octanol–water partition coefficient (Wildman–Crippen LogP) is 3.81. The van der Waals surface area contributed by atoms with Gasteiger partial charge in [-0.15, -0.1) is 0 Å². The fourth-order valence-electron chi connectivity index (χ4n) is 1.56. The molecule has 0 fully saturated rings. The first-order valence-corrected chi connectivity index (χ1v) is 6.16. The van der Waals surface area contributed by atoms with Gasteiger partial charge in [0, 0.05) is 16.1 Å². The van der Waals surface area contributed by atoms with Gasteiger partial charge in [0.2, 0.25) is 0 Å². The highest BCUT2D eigenvalue weighted by Crippen LogP contribution is 2.38. The van der Waals surface area contributed by atoms with Gasteiger partial charge in [0.15, 0.2) is 0 Å². The first-order valence-electron chi connectivity index (χ1n) is 5.37. The van der Waals surface area contributed by atoms with Crippen LogP contribution in [0.15, 0.2) is 16.6 Å². The average molecular weight is 286 g/mol. The van der Waals surface area contributed by atoms with E-state index >= 15 is 0 Å². The molecule has 0 saturated carbocycles. The van der Waals surface area contributed by atoms with E-state index in [1.165, 1.54) is 0 Å². The summed E-state index contributed by atoms with van der Waals surface area (Å²) in [7, 11) is 1.68. The topological polar surface area (TPSA) is 35.2 Å². The molecule has 90 valence electrons. The van der Waals surface area contributed by atoms with E-state index in [-0.39, 0.29) is 11.5 Å². The van der Waals surface area contributed by atoms with E-state index in [1.807, 2.05) is 13.0 Å². The third-order valence-electron chi connectivity index (χ3n) is 2.78. The van der Waals surface area contributed by atoms with Crippen LogP contribution < -0.4 is 10.5 Å². The van der Waals surface area contributed by atoms with Crippen LogP contribution in [0.25, 0.3) is 0 Å². The van der Waals surface area contributed by atoms with Crippen molar-refractivity contribution in [3.63, 3.8) is 0 Å². The van der Waals surface area contributed by atoms with Crippen molar-refractivity contribution in [2.75, 3.05) is 7.11 Å². The number of halogens is 1. The maximum absolute atomic E-state index is 6.27. The normalized spacial score (nSPS) is 13.7. The lowest BCUT2D eigenvalue weighted by Crippen LogP contribution is -2.26. The van der Waals surface area contributed by atoms with Crippen molar-refractivity contribution < 1.29 is 4.74 Å². The third-order valence-corrected chi connectivity index (χ3v) is 3.63. The minimum Gasteiger partial charge on any atom is -0.496 e. The van der Waals surface area contributed by atoms with Crippen LogP contribution in [-0.4, -0.2) is 7.11 Å². The van der Waals surface area contributed by atoms with Crippen molar-refractivity contribution in [3.8, 4) is 5.75 Å². The maximum atomic E-state index is 6.27. The van der Waals surface area contributed by atoms with Crippen LogP contribution in [0.4, 0.5) is 0 Å². The minimum absolute atomic E-state index is 0.0159. The molecule has 0 spiro atoms. The Kier molecular flexibility index (Phi) is 4.02. The summed E-state index contributed by atoms with van der Waals surface area (Å²) in [6.45, 7) is 8.43. The molecule has 16 heavy (non-hydrogen) atoms. The van der Waals surface area contributed by atoms with Gasteiger partial charge in [0.1, 0.15) is 5.75 Å². The Morgan fingerprint density at radius 1 is 1.31 bits per heavy atom. The molecule has 3 heteroatoms. The van der Waals surface area contributed by atoms with Gasteiger partial charge in [0.25, 0.3) is 0 Å². The van der Waals surface area contributed by atoms with Crippen LogP contribution in [0.2, 0.25) is 0 Å². The molecule has 0 aromatic heterocycles. The van der Waals surface area contributed by atoms with Crippen molar-refractivity contribution in [1.29, 1.82) is 0 Å². The second-order valence-electron chi connectivity index (χ2n) is 5.19. The standard InChI is InChI=1S/C13H20BrNO/c1-8-6-11(16-5)9(7-10(8)14)12(15)13(2,3)4/h6-7,12H,15H2,1-5H3. The van der Waals surface area contributed by atoms with Crippen LogP contribution in [0.5, 0.6) is 5.75 Å². The number of hydrogen-bond acceptors (Lipinski definition) is 2. The SMILES string of the molecule is COc1cc(C)c(Br)cc1C(N)C(C)(C)C. The molecule has 0 saturated heterocycles. The van der Waals surface area contributed by atoms with E-state index in [9.17, 15) is 0 Å². The van der Waals surface area contributed by atoms with E-state index in [2.05, 4.69) is 42.8 Å². The number of rotatable bonds is 2. The zero-order valence-electron chi connectivity index (χ0n) is 10.6. The number of benzene rings is 1. The van der Waals surface area contributed by atoms with Gasteiger partial charge in [-0.2, -0.15) is 0 Å². The Hall–Kier alpha value is -0.540. The van der Waals surface area contributed by atoms with Crippen molar-refractivity contribution in [1.82, 2.24) is 0 Å². The van der Waals surface area contributed by atoms with Gasteiger partial charge in [-0.1, -0.05) is 36.7 Å². The van der Waals surface area contributed by atoms with Crippen molar-refractivity contribution in [2.24, 2.45) is 11.1 Å². The van der Waals surface area contributed by atoms with Gasteiger partial charge in [-0.05, 0) is 30.0 Å². The molecule has 1 aromatic rings. The smallest absolute Gasteiger partial charge is 0.123 e. The molecule has 1 rings (SSSR count). The zero-order chi connectivity index (χ0) is 12.5. The molecule has 0 heterocycles.